The van der Waals surface area contributed by atoms with E-state index in [-0.39, 0.29) is 0 Å². The van der Waals surface area contributed by atoms with Crippen LogP contribution in [0.25, 0.3) is 0 Å². The number of nitrogens with one attached hydrogen (secondary N) is 2. The summed E-state index contributed by atoms with van der Waals surface area (Å²) in [5.74, 6) is 0.311. The molecule has 0 bridgehead atoms. The largest absolute Gasteiger partial charge is 0.267 e. The van der Waals surface area contributed by atoms with E-state index in [9.17, 15) is 8.42 Å². The fourth-order valence-corrected chi connectivity index (χ4v) is 1.17. The Balaban J connectivity index is 2.72. The Kier molecular flexibility index (Phi) is 2.35. The highest BCUT2D eigenvalue weighted by Gasteiger charge is 2.07. The van der Waals surface area contributed by atoms with Crippen LogP contribution in [0.15, 0.2) is 12.3 Å². The first kappa shape index (κ1) is 8.35. The van der Waals surface area contributed by atoms with Gasteiger partial charge in [0, 0.05) is 6.07 Å². The van der Waals surface area contributed by atoms with Crippen LogP contribution < -0.4 is 4.72 Å². The molecule has 0 aliphatic rings. The molecule has 0 aromatic carbocycles. The first-order valence-corrected chi connectivity index (χ1v) is 4.88. The lowest BCUT2D eigenvalue weighted by atomic mass is 10.7. The number of nitrogens with zero attached hydrogens (tertiary/aromatic N) is 1. The number of aromatic amines is 1. The van der Waals surface area contributed by atoms with E-state index >= 15 is 0 Å². The van der Waals surface area contributed by atoms with E-state index in [2.05, 4.69) is 14.9 Å². The van der Waals surface area contributed by atoms with Crippen LogP contribution in [0.5, 0.6) is 0 Å². The second-order valence-corrected chi connectivity index (χ2v) is 4.10. The smallest absolute Gasteiger partial charge is 0.247 e. The van der Waals surface area contributed by atoms with Crippen molar-refractivity contribution in [1.29, 1.82) is 0 Å². The zero-order valence-electron chi connectivity index (χ0n) is 5.41. The second kappa shape index (κ2) is 3.10. The van der Waals surface area contributed by atoms with Crippen LogP contribution in [0.1, 0.15) is 0 Å². The molecular formula is C4H6ClN3O2S. The van der Waals surface area contributed by atoms with Gasteiger partial charge < -0.3 is 0 Å². The van der Waals surface area contributed by atoms with Gasteiger partial charge in [-0.1, -0.05) is 0 Å². The van der Waals surface area contributed by atoms with Crippen LogP contribution in [-0.4, -0.2) is 23.8 Å². The Labute approximate surface area is 68.8 Å². The van der Waals surface area contributed by atoms with E-state index in [0.717, 1.165) is 0 Å². The summed E-state index contributed by atoms with van der Waals surface area (Å²) in [6, 6.07) is 1.49. The van der Waals surface area contributed by atoms with Crippen molar-refractivity contribution in [3.05, 3.63) is 12.3 Å². The maximum Gasteiger partial charge on any atom is 0.247 e. The average molecular weight is 196 g/mol. The molecular weight excluding hydrogens is 190 g/mol. The van der Waals surface area contributed by atoms with Gasteiger partial charge in [-0.05, 0) is 0 Å². The summed E-state index contributed by atoms with van der Waals surface area (Å²) in [5, 5.41) is 5.51. The molecule has 0 saturated carbocycles. The van der Waals surface area contributed by atoms with Gasteiger partial charge in [-0.3, -0.25) is 9.82 Å². The van der Waals surface area contributed by atoms with Crippen molar-refractivity contribution >= 4 is 27.4 Å². The third-order valence-corrected chi connectivity index (χ3v) is 2.59. The van der Waals surface area contributed by atoms with Crippen LogP contribution in [0.4, 0.5) is 5.82 Å². The fourth-order valence-electron chi connectivity index (χ4n) is 0.508. The van der Waals surface area contributed by atoms with Crippen LogP contribution in [-0.2, 0) is 10.0 Å². The minimum Gasteiger partial charge on any atom is -0.267 e. The van der Waals surface area contributed by atoms with Crippen molar-refractivity contribution in [2.24, 2.45) is 0 Å². The summed E-state index contributed by atoms with van der Waals surface area (Å²) >= 11 is 5.13. The summed E-state index contributed by atoms with van der Waals surface area (Å²) in [5.41, 5.74) is 0. The molecule has 11 heavy (non-hydrogen) atoms. The first-order chi connectivity index (χ1) is 5.14. The second-order valence-electron chi connectivity index (χ2n) is 1.80. The maximum absolute atomic E-state index is 10.8. The van der Waals surface area contributed by atoms with E-state index in [1.807, 2.05) is 0 Å². The first-order valence-electron chi connectivity index (χ1n) is 2.70. The molecule has 1 heterocycles. The summed E-state index contributed by atoms with van der Waals surface area (Å²) in [6.07, 6.45) is 1.44. The molecule has 1 aromatic heterocycles. The standard InChI is InChI=1S/C4H6ClN3O2S/c5-3-11(9,10)8-4-1-2-6-7-4/h1-2H,3H2,(H2,6,7,8). The van der Waals surface area contributed by atoms with Crippen molar-refractivity contribution in [3.63, 3.8) is 0 Å². The highest BCUT2D eigenvalue weighted by atomic mass is 35.5. The maximum atomic E-state index is 10.8. The van der Waals surface area contributed by atoms with Gasteiger partial charge in [-0.15, -0.1) is 11.6 Å². The fraction of sp³-hybridized carbons (Fsp3) is 0.250. The number of halogens is 1. The molecule has 0 saturated heterocycles. The number of hydrogen-bond acceptors (Lipinski definition) is 3. The molecule has 2 N–H and O–H groups in total. The molecule has 0 radical (unpaired) electrons. The molecule has 1 aromatic rings. The zero-order chi connectivity index (χ0) is 8.32. The van der Waals surface area contributed by atoms with Crippen LogP contribution in [0, 0.1) is 0 Å². The Morgan fingerprint density at radius 3 is 2.91 bits per heavy atom. The number of alkyl halides is 1. The van der Waals surface area contributed by atoms with Gasteiger partial charge in [-0.25, -0.2) is 8.42 Å². The van der Waals surface area contributed by atoms with Gasteiger partial charge in [0.05, 0.1) is 6.20 Å². The van der Waals surface area contributed by atoms with Crippen LogP contribution >= 0.6 is 11.6 Å². The monoisotopic (exact) mass is 195 g/mol. The van der Waals surface area contributed by atoms with Crippen molar-refractivity contribution < 1.29 is 8.42 Å². The van der Waals surface area contributed by atoms with Crippen molar-refractivity contribution in [1.82, 2.24) is 10.2 Å². The number of rotatable bonds is 3. The SMILES string of the molecule is O=S(=O)(CCl)Nc1ccn[nH]1. The lowest BCUT2D eigenvalue weighted by molar-refractivity contribution is 0.605. The molecule has 0 atom stereocenters. The van der Waals surface area contributed by atoms with Gasteiger partial charge >= 0.3 is 0 Å². The van der Waals surface area contributed by atoms with Gasteiger partial charge in [0.2, 0.25) is 10.0 Å². The molecule has 0 amide bonds. The Morgan fingerprint density at radius 1 is 1.73 bits per heavy atom. The van der Waals surface area contributed by atoms with Gasteiger partial charge in [0.25, 0.3) is 0 Å². The van der Waals surface area contributed by atoms with Crippen molar-refractivity contribution in [3.8, 4) is 0 Å². The molecule has 62 valence electrons. The highest BCUT2D eigenvalue weighted by molar-refractivity contribution is 7.93. The molecule has 0 fully saturated rings. The summed E-state index contributed by atoms with van der Waals surface area (Å²) < 4.78 is 23.7. The predicted molar refractivity (Wildman–Crippen MR) is 41.9 cm³/mol. The molecule has 5 nitrogen and oxygen atoms in total. The minimum absolute atomic E-state index is 0.311. The lowest BCUT2D eigenvalue weighted by Crippen LogP contribution is -2.13. The normalized spacial score (nSPS) is 11.4. The quantitative estimate of drug-likeness (QED) is 0.684. The van der Waals surface area contributed by atoms with E-state index in [4.69, 9.17) is 11.6 Å². The van der Waals surface area contributed by atoms with Crippen molar-refractivity contribution in [2.45, 2.75) is 0 Å². The Morgan fingerprint density at radius 2 is 2.45 bits per heavy atom. The molecule has 0 aliphatic heterocycles. The molecule has 1 rings (SSSR count). The van der Waals surface area contributed by atoms with E-state index in [1.54, 1.807) is 0 Å². The van der Waals surface area contributed by atoms with Gasteiger partial charge in [0.15, 0.2) is 0 Å². The predicted octanol–water partition coefficient (Wildman–Crippen LogP) is 0.348. The van der Waals surface area contributed by atoms with E-state index in [1.165, 1.54) is 12.3 Å². The minimum atomic E-state index is -3.40. The zero-order valence-corrected chi connectivity index (χ0v) is 6.98. The third-order valence-electron chi connectivity index (χ3n) is 0.910. The molecule has 0 aliphatic carbocycles. The Bertz CT molecular complexity index is 306. The highest BCUT2D eigenvalue weighted by Crippen LogP contribution is 2.03. The number of H-pyrrole nitrogens is 1. The van der Waals surface area contributed by atoms with Gasteiger partial charge in [-0.2, -0.15) is 5.10 Å². The van der Waals surface area contributed by atoms with Gasteiger partial charge in [0.1, 0.15) is 11.0 Å². The number of aromatic nitrogens is 2. The lowest BCUT2D eigenvalue weighted by Gasteiger charge is -1.99. The third kappa shape index (κ3) is 2.39. The van der Waals surface area contributed by atoms with E-state index < -0.39 is 15.2 Å². The topological polar surface area (TPSA) is 74.8 Å². The summed E-state index contributed by atoms with van der Waals surface area (Å²) in [7, 11) is -3.40. The summed E-state index contributed by atoms with van der Waals surface area (Å²) in [4.78, 5) is 0. The molecule has 7 heteroatoms. The average Bonchev–Trinajstić information content (AvgIpc) is 2.39. The molecule has 0 unspecified atom stereocenters. The Hall–Kier alpha value is -0.750. The molecule has 0 spiro atoms. The van der Waals surface area contributed by atoms with Crippen LogP contribution in [0.2, 0.25) is 0 Å². The summed E-state index contributed by atoms with van der Waals surface area (Å²) in [6.45, 7) is 0. The van der Waals surface area contributed by atoms with Crippen LogP contribution in [0.3, 0.4) is 0 Å². The number of sulfonamides is 1. The van der Waals surface area contributed by atoms with E-state index in [0.29, 0.717) is 5.82 Å². The number of hydrogen-bond donors (Lipinski definition) is 2. The van der Waals surface area contributed by atoms with Crippen molar-refractivity contribution in [2.75, 3.05) is 9.93 Å². The number of anilines is 1.